The molecule has 0 aliphatic rings. The average molecular weight is 707 g/mol. The number of esters is 1. The molecule has 4 aromatic rings. The fraction of sp³-hybridized carbons (Fsp3) is 0.308. The van der Waals surface area contributed by atoms with E-state index >= 15 is 0 Å². The Kier molecular flexibility index (Phi) is 14.2. The number of unbranched alkanes of at least 4 members (excludes halogenated alkanes) is 4. The van der Waals surface area contributed by atoms with E-state index in [-0.39, 0.29) is 24.4 Å². The van der Waals surface area contributed by atoms with Crippen LogP contribution < -0.4 is 14.8 Å². The number of Topliss-reactive ketones (excluding diaryl/α,β-unsaturated/α-hetero) is 1. The Morgan fingerprint density at radius 2 is 1.49 bits per heavy atom. The number of carboxylic acids is 1. The van der Waals surface area contributed by atoms with Crippen molar-refractivity contribution in [3.8, 4) is 11.5 Å². The first-order valence-electron chi connectivity index (χ1n) is 16.6. The standard InChI is InChI=1S/C39H41F3N2O7/c1-2-3-4-5-6-22-50-33-20-14-29(15-21-33)38(49)51-34-18-10-27(11-19-34)25-44(26-36(46)47)37(48)28-12-16-32(17-13-28)43-24-35(45)30-8-7-9-31(23-30)39(40,41)42/h7-21,23,37,43,48H,2-6,22,24-26H2,1H3,(H,46,47). The number of benzene rings is 4. The number of alkyl halides is 3. The van der Waals surface area contributed by atoms with Crippen LogP contribution in [-0.2, 0) is 17.5 Å². The highest BCUT2D eigenvalue weighted by Gasteiger charge is 2.31. The first kappa shape index (κ1) is 38.6. The molecule has 9 nitrogen and oxygen atoms in total. The summed E-state index contributed by atoms with van der Waals surface area (Å²) in [6, 6.07) is 23.6. The number of ketones is 1. The molecule has 1 unspecified atom stereocenters. The summed E-state index contributed by atoms with van der Waals surface area (Å²) in [4.78, 5) is 38.2. The number of nitrogens with one attached hydrogen (secondary N) is 1. The maximum Gasteiger partial charge on any atom is 0.416 e. The summed E-state index contributed by atoms with van der Waals surface area (Å²) in [5.41, 5.74) is 0.854. The van der Waals surface area contributed by atoms with Gasteiger partial charge in [-0.3, -0.25) is 14.5 Å². The van der Waals surface area contributed by atoms with E-state index in [1.54, 1.807) is 72.8 Å². The highest BCUT2D eigenvalue weighted by molar-refractivity contribution is 5.99. The number of aliphatic carboxylic acids is 1. The van der Waals surface area contributed by atoms with Crippen molar-refractivity contribution in [3.05, 3.63) is 125 Å². The molecule has 0 bridgehead atoms. The molecule has 4 rings (SSSR count). The number of ether oxygens (including phenoxy) is 2. The lowest BCUT2D eigenvalue weighted by Crippen LogP contribution is -2.33. The van der Waals surface area contributed by atoms with Crippen LogP contribution in [0.5, 0.6) is 11.5 Å². The van der Waals surface area contributed by atoms with Crippen LogP contribution in [0.25, 0.3) is 0 Å². The second-order valence-electron chi connectivity index (χ2n) is 12.0. The number of aliphatic hydroxyl groups excluding tert-OH is 1. The predicted octanol–water partition coefficient (Wildman–Crippen LogP) is 8.15. The zero-order valence-corrected chi connectivity index (χ0v) is 28.2. The summed E-state index contributed by atoms with van der Waals surface area (Å²) < 4.78 is 50.3. The second kappa shape index (κ2) is 18.7. The number of hydrogen-bond acceptors (Lipinski definition) is 8. The van der Waals surface area contributed by atoms with E-state index in [4.69, 9.17) is 9.47 Å². The van der Waals surface area contributed by atoms with Gasteiger partial charge in [0.15, 0.2) is 5.78 Å². The number of anilines is 1. The van der Waals surface area contributed by atoms with Crippen molar-refractivity contribution in [2.75, 3.05) is 25.0 Å². The number of hydrogen-bond donors (Lipinski definition) is 3. The maximum absolute atomic E-state index is 13.0. The molecule has 3 N–H and O–H groups in total. The normalized spacial score (nSPS) is 12.0. The molecule has 0 amide bonds. The van der Waals surface area contributed by atoms with Crippen LogP contribution in [0.15, 0.2) is 97.1 Å². The minimum Gasteiger partial charge on any atom is -0.494 e. The molecular weight excluding hydrogens is 665 g/mol. The van der Waals surface area contributed by atoms with Crippen LogP contribution in [0.4, 0.5) is 18.9 Å². The van der Waals surface area contributed by atoms with E-state index in [2.05, 4.69) is 12.2 Å². The smallest absolute Gasteiger partial charge is 0.416 e. The monoisotopic (exact) mass is 706 g/mol. The van der Waals surface area contributed by atoms with Crippen LogP contribution in [0.2, 0.25) is 0 Å². The van der Waals surface area contributed by atoms with E-state index in [0.29, 0.717) is 34.7 Å². The number of nitrogens with zero attached hydrogens (tertiary/aromatic N) is 1. The van der Waals surface area contributed by atoms with Crippen molar-refractivity contribution in [1.29, 1.82) is 0 Å². The quantitative estimate of drug-likeness (QED) is 0.0291. The third-order valence-electron chi connectivity index (χ3n) is 7.98. The van der Waals surface area contributed by atoms with E-state index in [0.717, 1.165) is 25.0 Å². The van der Waals surface area contributed by atoms with Gasteiger partial charge in [0.2, 0.25) is 0 Å². The molecule has 0 spiro atoms. The number of carboxylic acid groups (broad SMARTS) is 1. The summed E-state index contributed by atoms with van der Waals surface area (Å²) in [6.07, 6.45) is -0.192. The zero-order chi connectivity index (χ0) is 36.8. The number of carbonyl (C=O) groups excluding carboxylic acids is 2. The van der Waals surface area contributed by atoms with Crippen LogP contribution in [0.1, 0.15) is 82.7 Å². The van der Waals surface area contributed by atoms with Crippen molar-refractivity contribution < 1.29 is 47.2 Å². The van der Waals surface area contributed by atoms with Crippen molar-refractivity contribution in [2.24, 2.45) is 0 Å². The Bertz CT molecular complexity index is 1730. The lowest BCUT2D eigenvalue weighted by Gasteiger charge is -2.27. The van der Waals surface area contributed by atoms with Crippen LogP contribution in [-0.4, -0.2) is 52.5 Å². The van der Waals surface area contributed by atoms with Gasteiger partial charge in [0.25, 0.3) is 0 Å². The minimum absolute atomic E-state index is 0.0489. The molecule has 4 aromatic carbocycles. The molecule has 1 atom stereocenters. The fourth-order valence-electron chi connectivity index (χ4n) is 5.19. The Balaban J connectivity index is 1.29. The lowest BCUT2D eigenvalue weighted by molar-refractivity contribution is -0.142. The molecule has 0 fully saturated rings. The molecule has 0 saturated carbocycles. The molecule has 0 radical (unpaired) electrons. The van der Waals surface area contributed by atoms with Gasteiger partial charge in [-0.15, -0.1) is 0 Å². The van der Waals surface area contributed by atoms with Gasteiger partial charge in [0, 0.05) is 17.8 Å². The molecule has 0 aliphatic heterocycles. The predicted molar refractivity (Wildman–Crippen MR) is 186 cm³/mol. The van der Waals surface area contributed by atoms with Gasteiger partial charge in [-0.2, -0.15) is 13.2 Å². The third-order valence-corrected chi connectivity index (χ3v) is 7.98. The van der Waals surface area contributed by atoms with Gasteiger partial charge in [-0.25, -0.2) is 4.79 Å². The molecule has 0 aliphatic carbocycles. The Morgan fingerprint density at radius 3 is 2.14 bits per heavy atom. The molecule has 0 heterocycles. The van der Waals surface area contributed by atoms with E-state index in [1.165, 1.54) is 36.3 Å². The maximum atomic E-state index is 13.0. The number of carbonyl (C=O) groups is 3. The summed E-state index contributed by atoms with van der Waals surface area (Å²) in [5.74, 6) is -1.28. The molecule has 0 aromatic heterocycles. The topological polar surface area (TPSA) is 125 Å². The van der Waals surface area contributed by atoms with Crippen molar-refractivity contribution in [3.63, 3.8) is 0 Å². The first-order valence-corrected chi connectivity index (χ1v) is 16.6. The van der Waals surface area contributed by atoms with E-state index < -0.39 is 42.2 Å². The Hall–Kier alpha value is -5.20. The largest absolute Gasteiger partial charge is 0.494 e. The molecule has 0 saturated heterocycles. The highest BCUT2D eigenvalue weighted by atomic mass is 19.4. The summed E-state index contributed by atoms with van der Waals surface area (Å²) in [5, 5.41) is 23.4. The molecule has 12 heteroatoms. The lowest BCUT2D eigenvalue weighted by atomic mass is 10.1. The molecule has 270 valence electrons. The van der Waals surface area contributed by atoms with Crippen molar-refractivity contribution >= 4 is 23.4 Å². The number of halogens is 3. The van der Waals surface area contributed by atoms with E-state index in [1.807, 2.05) is 0 Å². The van der Waals surface area contributed by atoms with E-state index in [9.17, 15) is 37.8 Å². The SMILES string of the molecule is CCCCCCCOc1ccc(C(=O)Oc2ccc(CN(CC(=O)O)C(O)c3ccc(NCC(=O)c4cccc(C(F)(F)F)c4)cc3)cc2)cc1. The Labute approximate surface area is 294 Å². The highest BCUT2D eigenvalue weighted by Crippen LogP contribution is 2.30. The first-order chi connectivity index (χ1) is 24.4. The average Bonchev–Trinajstić information content (AvgIpc) is 3.12. The summed E-state index contributed by atoms with van der Waals surface area (Å²) in [7, 11) is 0. The van der Waals surface area contributed by atoms with Crippen molar-refractivity contribution in [2.45, 2.75) is 58.0 Å². The third kappa shape index (κ3) is 12.3. The van der Waals surface area contributed by atoms with Gasteiger partial charge >= 0.3 is 18.1 Å². The summed E-state index contributed by atoms with van der Waals surface area (Å²) in [6.45, 7) is 2.09. The van der Waals surface area contributed by atoms with Crippen LogP contribution >= 0.6 is 0 Å². The van der Waals surface area contributed by atoms with Gasteiger partial charge in [-0.1, -0.05) is 69.0 Å². The van der Waals surface area contributed by atoms with Crippen LogP contribution in [0.3, 0.4) is 0 Å². The van der Waals surface area contributed by atoms with Crippen LogP contribution in [0, 0.1) is 0 Å². The van der Waals surface area contributed by atoms with Gasteiger partial charge in [0.05, 0.1) is 30.8 Å². The molecule has 51 heavy (non-hydrogen) atoms. The number of rotatable bonds is 19. The van der Waals surface area contributed by atoms with Gasteiger partial charge in [0.1, 0.15) is 17.7 Å². The zero-order valence-electron chi connectivity index (χ0n) is 28.2. The fourth-order valence-corrected chi connectivity index (χ4v) is 5.19. The van der Waals surface area contributed by atoms with Gasteiger partial charge in [-0.05, 0) is 78.2 Å². The summed E-state index contributed by atoms with van der Waals surface area (Å²) >= 11 is 0. The number of aliphatic hydroxyl groups is 1. The minimum atomic E-state index is -4.57. The van der Waals surface area contributed by atoms with Gasteiger partial charge < -0.3 is 25.0 Å². The second-order valence-corrected chi connectivity index (χ2v) is 12.0. The Morgan fingerprint density at radius 1 is 0.824 bits per heavy atom. The molecular formula is C39H41F3N2O7. The van der Waals surface area contributed by atoms with Crippen molar-refractivity contribution in [1.82, 2.24) is 4.90 Å².